The second kappa shape index (κ2) is 7.54. The quantitative estimate of drug-likeness (QED) is 0.760. The molecule has 0 bridgehead atoms. The second-order valence-electron chi connectivity index (χ2n) is 4.92. The molecule has 1 atom stereocenters. The normalized spacial score (nSPS) is 13.2. The minimum atomic E-state index is -0.308. The topological polar surface area (TPSA) is 56.8 Å². The van der Waals surface area contributed by atoms with Crippen LogP contribution in [0.2, 0.25) is 0 Å². The van der Waals surface area contributed by atoms with E-state index in [1.165, 1.54) is 21.3 Å². The molecule has 5 nitrogen and oxygen atoms in total. The van der Waals surface area contributed by atoms with Crippen molar-refractivity contribution in [3.8, 4) is 17.2 Å². The number of rotatable bonds is 7. The van der Waals surface area contributed by atoms with Crippen molar-refractivity contribution in [1.82, 2.24) is 5.32 Å². The summed E-state index contributed by atoms with van der Waals surface area (Å²) in [6, 6.07) is 3.28. The van der Waals surface area contributed by atoms with Gasteiger partial charge in [0, 0.05) is 16.4 Å². The summed E-state index contributed by atoms with van der Waals surface area (Å²) in [4.78, 5) is 12.4. The molecule has 1 amide bonds. The van der Waals surface area contributed by atoms with Gasteiger partial charge in [0.1, 0.15) is 0 Å². The van der Waals surface area contributed by atoms with Crippen LogP contribution in [0.25, 0.3) is 0 Å². The van der Waals surface area contributed by atoms with E-state index in [-0.39, 0.29) is 11.4 Å². The molecule has 1 unspecified atom stereocenters. The second-order valence-corrected chi connectivity index (χ2v) is 5.48. The fourth-order valence-electron chi connectivity index (χ4n) is 1.77. The Bertz CT molecular complexity index is 475. The Morgan fingerprint density at radius 2 is 1.71 bits per heavy atom. The van der Waals surface area contributed by atoms with Crippen LogP contribution >= 0.6 is 15.9 Å². The molecule has 118 valence electrons. The Labute approximate surface area is 134 Å². The summed E-state index contributed by atoms with van der Waals surface area (Å²) in [6.07, 6.45) is 0.814. The number of benzene rings is 1. The third kappa shape index (κ3) is 4.03. The highest BCUT2D eigenvalue weighted by Gasteiger charge is 2.25. The first kappa shape index (κ1) is 17.6. The van der Waals surface area contributed by atoms with E-state index < -0.39 is 0 Å². The smallest absolute Gasteiger partial charge is 0.252 e. The van der Waals surface area contributed by atoms with Gasteiger partial charge in [-0.05, 0) is 25.5 Å². The van der Waals surface area contributed by atoms with Crippen molar-refractivity contribution in [1.29, 1.82) is 0 Å². The minimum Gasteiger partial charge on any atom is -0.493 e. The number of carbonyl (C=O) groups is 1. The van der Waals surface area contributed by atoms with Gasteiger partial charge in [-0.25, -0.2) is 0 Å². The molecule has 0 saturated carbocycles. The maximum absolute atomic E-state index is 12.4. The molecule has 0 spiro atoms. The van der Waals surface area contributed by atoms with Gasteiger partial charge in [-0.2, -0.15) is 0 Å². The van der Waals surface area contributed by atoms with E-state index in [0.717, 1.165) is 6.42 Å². The number of alkyl halides is 1. The van der Waals surface area contributed by atoms with Gasteiger partial charge >= 0.3 is 0 Å². The third-order valence-corrected chi connectivity index (χ3v) is 4.66. The highest BCUT2D eigenvalue weighted by molar-refractivity contribution is 9.09. The predicted molar refractivity (Wildman–Crippen MR) is 86.1 cm³/mol. The zero-order chi connectivity index (χ0) is 16.0. The van der Waals surface area contributed by atoms with Crippen LogP contribution in [0.1, 0.15) is 30.6 Å². The van der Waals surface area contributed by atoms with Crippen LogP contribution in [0.15, 0.2) is 12.1 Å². The molecule has 0 aliphatic rings. The maximum Gasteiger partial charge on any atom is 0.252 e. The molecule has 1 aromatic rings. The van der Waals surface area contributed by atoms with Crippen LogP contribution < -0.4 is 19.5 Å². The molecule has 1 rings (SSSR count). The zero-order valence-electron chi connectivity index (χ0n) is 13.1. The Morgan fingerprint density at radius 3 is 2.05 bits per heavy atom. The molecule has 0 aliphatic heterocycles. The van der Waals surface area contributed by atoms with Gasteiger partial charge in [0.2, 0.25) is 5.75 Å². The lowest BCUT2D eigenvalue weighted by Crippen LogP contribution is -2.46. The maximum atomic E-state index is 12.4. The molecular formula is C15H22BrNO4. The fourth-order valence-corrected chi connectivity index (χ4v) is 2.31. The summed E-state index contributed by atoms with van der Waals surface area (Å²) in [5, 5.41) is 3.68. The standard InChI is InChI=1S/C15H22BrNO4/c1-6-15(2,9-16)17-14(18)10-7-11(19-3)13(21-5)12(8-10)20-4/h7-8H,6,9H2,1-5H3,(H,17,18). The average molecular weight is 360 g/mol. The molecule has 0 fully saturated rings. The molecule has 1 aromatic carbocycles. The Kier molecular flexibility index (Phi) is 6.33. The van der Waals surface area contributed by atoms with E-state index in [0.29, 0.717) is 28.1 Å². The average Bonchev–Trinajstić information content (AvgIpc) is 2.52. The summed E-state index contributed by atoms with van der Waals surface area (Å²) in [6.45, 7) is 4.01. The van der Waals surface area contributed by atoms with Gasteiger partial charge in [0.05, 0.1) is 21.3 Å². The third-order valence-electron chi connectivity index (χ3n) is 3.42. The Hall–Kier alpha value is -1.43. The van der Waals surface area contributed by atoms with Gasteiger partial charge in [-0.15, -0.1) is 0 Å². The lowest BCUT2D eigenvalue weighted by atomic mass is 10.0. The summed E-state index contributed by atoms with van der Waals surface area (Å²) >= 11 is 3.43. The van der Waals surface area contributed by atoms with Crippen LogP contribution in [0, 0.1) is 0 Å². The highest BCUT2D eigenvalue weighted by Crippen LogP contribution is 2.38. The van der Waals surface area contributed by atoms with E-state index in [1.54, 1.807) is 12.1 Å². The van der Waals surface area contributed by atoms with Crippen LogP contribution in [0.5, 0.6) is 17.2 Å². The molecular weight excluding hydrogens is 338 g/mol. The van der Waals surface area contributed by atoms with Crippen molar-refractivity contribution in [2.45, 2.75) is 25.8 Å². The van der Waals surface area contributed by atoms with E-state index in [1.807, 2.05) is 13.8 Å². The number of methoxy groups -OCH3 is 3. The van der Waals surface area contributed by atoms with Crippen LogP contribution in [0.4, 0.5) is 0 Å². The summed E-state index contributed by atoms with van der Waals surface area (Å²) < 4.78 is 15.8. The first-order valence-corrected chi connectivity index (χ1v) is 7.75. The molecule has 0 aliphatic carbocycles. The number of ether oxygens (including phenoxy) is 3. The summed E-state index contributed by atoms with van der Waals surface area (Å²) in [7, 11) is 4.57. The molecule has 0 heterocycles. The molecule has 1 N–H and O–H groups in total. The van der Waals surface area contributed by atoms with E-state index in [9.17, 15) is 4.79 Å². The summed E-state index contributed by atoms with van der Waals surface area (Å²) in [5.41, 5.74) is 0.155. The van der Waals surface area contributed by atoms with Gasteiger partial charge in [-0.1, -0.05) is 22.9 Å². The van der Waals surface area contributed by atoms with Gasteiger partial charge in [0.25, 0.3) is 5.91 Å². The number of halogens is 1. The van der Waals surface area contributed by atoms with Crippen molar-refractivity contribution >= 4 is 21.8 Å². The first-order chi connectivity index (χ1) is 9.94. The van der Waals surface area contributed by atoms with E-state index >= 15 is 0 Å². The monoisotopic (exact) mass is 359 g/mol. The van der Waals surface area contributed by atoms with Crippen molar-refractivity contribution in [3.05, 3.63) is 17.7 Å². The molecule has 0 radical (unpaired) electrons. The van der Waals surface area contributed by atoms with Gasteiger partial charge < -0.3 is 19.5 Å². The summed E-state index contributed by atoms with van der Waals surface area (Å²) in [5.74, 6) is 1.20. The van der Waals surface area contributed by atoms with Gasteiger partial charge in [-0.3, -0.25) is 4.79 Å². The number of hydrogen-bond acceptors (Lipinski definition) is 4. The van der Waals surface area contributed by atoms with E-state index in [2.05, 4.69) is 21.2 Å². The van der Waals surface area contributed by atoms with Crippen molar-refractivity contribution in [2.24, 2.45) is 0 Å². The lowest BCUT2D eigenvalue weighted by molar-refractivity contribution is 0.0912. The number of amides is 1. The molecule has 21 heavy (non-hydrogen) atoms. The van der Waals surface area contributed by atoms with Crippen molar-refractivity contribution in [3.63, 3.8) is 0 Å². The minimum absolute atomic E-state index is 0.182. The van der Waals surface area contributed by atoms with E-state index in [4.69, 9.17) is 14.2 Å². The largest absolute Gasteiger partial charge is 0.493 e. The van der Waals surface area contributed by atoms with Crippen molar-refractivity contribution in [2.75, 3.05) is 26.7 Å². The fraction of sp³-hybridized carbons (Fsp3) is 0.533. The number of hydrogen-bond donors (Lipinski definition) is 1. The number of carbonyl (C=O) groups excluding carboxylic acids is 1. The predicted octanol–water partition coefficient (Wildman–Crippen LogP) is 3.01. The molecule has 0 aromatic heterocycles. The first-order valence-electron chi connectivity index (χ1n) is 6.63. The van der Waals surface area contributed by atoms with Crippen LogP contribution in [-0.4, -0.2) is 38.1 Å². The Morgan fingerprint density at radius 1 is 1.19 bits per heavy atom. The van der Waals surface area contributed by atoms with Crippen LogP contribution in [0.3, 0.4) is 0 Å². The van der Waals surface area contributed by atoms with Crippen molar-refractivity contribution < 1.29 is 19.0 Å². The lowest BCUT2D eigenvalue weighted by Gasteiger charge is -2.27. The molecule has 0 saturated heterocycles. The van der Waals surface area contributed by atoms with Gasteiger partial charge in [0.15, 0.2) is 11.5 Å². The molecule has 6 heteroatoms. The zero-order valence-corrected chi connectivity index (χ0v) is 14.7. The SMILES string of the molecule is CCC(C)(CBr)NC(=O)c1cc(OC)c(OC)c(OC)c1. The number of nitrogens with one attached hydrogen (secondary N) is 1. The van der Waals surface area contributed by atoms with Crippen LogP contribution in [-0.2, 0) is 0 Å². The highest BCUT2D eigenvalue weighted by atomic mass is 79.9. The Balaban J connectivity index is 3.16.